The van der Waals surface area contributed by atoms with Crippen LogP contribution in [0.15, 0.2) is 83.9 Å². The number of rotatable bonds is 0. The molecule has 0 aliphatic carbocycles. The summed E-state index contributed by atoms with van der Waals surface area (Å²) in [6.45, 7) is 2.89. The second-order valence-electron chi connectivity index (χ2n) is 5.61. The van der Waals surface area contributed by atoms with Gasteiger partial charge in [0.05, 0.1) is 6.54 Å². The van der Waals surface area contributed by atoms with Gasteiger partial charge < -0.3 is 0 Å². The Labute approximate surface area is 138 Å². The molecule has 23 heavy (non-hydrogen) atoms. The van der Waals surface area contributed by atoms with Crippen LogP contribution in [0.5, 0.6) is 0 Å². The molecule has 0 saturated carbocycles. The first-order valence-corrected chi connectivity index (χ1v) is 8.03. The fourth-order valence-electron chi connectivity index (χ4n) is 2.78. The molecule has 1 aliphatic heterocycles. The molecule has 2 aromatic rings. The zero-order chi connectivity index (χ0) is 15.9. The molecule has 1 aliphatic rings. The third-order valence-electron chi connectivity index (χ3n) is 3.99. The average molecular weight is 299 g/mol. The van der Waals surface area contributed by atoms with Crippen molar-refractivity contribution in [3.05, 3.63) is 90.0 Å². The van der Waals surface area contributed by atoms with Crippen molar-refractivity contribution in [3.63, 3.8) is 0 Å². The van der Waals surface area contributed by atoms with Crippen LogP contribution in [0.2, 0.25) is 0 Å². The van der Waals surface area contributed by atoms with Crippen molar-refractivity contribution in [2.45, 2.75) is 13.3 Å². The Bertz CT molecular complexity index is 791. The van der Waals surface area contributed by atoms with Crippen LogP contribution in [0.4, 0.5) is 0 Å². The van der Waals surface area contributed by atoms with Gasteiger partial charge in [-0.05, 0) is 35.6 Å². The van der Waals surface area contributed by atoms with Crippen molar-refractivity contribution in [1.29, 1.82) is 0 Å². The lowest BCUT2D eigenvalue weighted by Crippen LogP contribution is -1.93. The SMILES string of the molecule is C/C1=C\C/C=C\C=C/C/N=C/c2ccccc2-c2ccccc21. The van der Waals surface area contributed by atoms with Gasteiger partial charge >= 0.3 is 0 Å². The maximum Gasteiger partial charge on any atom is 0.0573 e. The molecule has 0 unspecified atom stereocenters. The van der Waals surface area contributed by atoms with Crippen LogP contribution in [0.1, 0.15) is 24.5 Å². The molecule has 0 saturated heterocycles. The van der Waals surface area contributed by atoms with E-state index >= 15 is 0 Å². The normalized spacial score (nSPS) is 21.0. The van der Waals surface area contributed by atoms with Gasteiger partial charge in [-0.3, -0.25) is 4.99 Å². The molecule has 0 amide bonds. The van der Waals surface area contributed by atoms with Crippen LogP contribution < -0.4 is 0 Å². The predicted molar refractivity (Wildman–Crippen MR) is 101 cm³/mol. The molecule has 1 heteroatoms. The second kappa shape index (κ2) is 7.55. The summed E-state index contributed by atoms with van der Waals surface area (Å²) in [6, 6.07) is 17.1. The summed E-state index contributed by atoms with van der Waals surface area (Å²) in [5.74, 6) is 0. The number of hydrogen-bond donors (Lipinski definition) is 0. The average Bonchev–Trinajstić information content (AvgIpc) is 2.60. The van der Waals surface area contributed by atoms with Gasteiger partial charge in [-0.15, -0.1) is 0 Å². The number of allylic oxidation sites excluding steroid dienone is 5. The first kappa shape index (κ1) is 15.2. The van der Waals surface area contributed by atoms with E-state index in [0.29, 0.717) is 6.54 Å². The molecule has 1 heterocycles. The molecular weight excluding hydrogens is 278 g/mol. The van der Waals surface area contributed by atoms with Crippen LogP contribution in [0.3, 0.4) is 0 Å². The fourth-order valence-corrected chi connectivity index (χ4v) is 2.78. The number of aliphatic imine (C=N–C) groups is 1. The molecule has 0 N–H and O–H groups in total. The maximum absolute atomic E-state index is 4.53. The monoisotopic (exact) mass is 299 g/mol. The number of nitrogens with zero attached hydrogens (tertiary/aromatic N) is 1. The highest BCUT2D eigenvalue weighted by molar-refractivity contribution is 5.93. The molecule has 1 nitrogen and oxygen atoms in total. The van der Waals surface area contributed by atoms with Gasteiger partial charge in [0.25, 0.3) is 0 Å². The van der Waals surface area contributed by atoms with Gasteiger partial charge in [-0.2, -0.15) is 0 Å². The molecule has 2 aromatic carbocycles. The van der Waals surface area contributed by atoms with Gasteiger partial charge in [0.2, 0.25) is 0 Å². The Balaban J connectivity index is 2.17. The number of benzene rings is 2. The second-order valence-corrected chi connectivity index (χ2v) is 5.61. The van der Waals surface area contributed by atoms with E-state index in [-0.39, 0.29) is 0 Å². The minimum atomic E-state index is 0.704. The van der Waals surface area contributed by atoms with Gasteiger partial charge in [-0.25, -0.2) is 0 Å². The molecule has 114 valence electrons. The van der Waals surface area contributed by atoms with Gasteiger partial charge in [0.15, 0.2) is 0 Å². The summed E-state index contributed by atoms with van der Waals surface area (Å²) in [5, 5.41) is 0. The van der Waals surface area contributed by atoms with Gasteiger partial charge in [0.1, 0.15) is 0 Å². The molecule has 0 bridgehead atoms. The standard InChI is InChI=1S/C22H21N/c1-18-11-5-3-2-4-10-16-23-17-19-12-6-7-14-21(19)22-15-9-8-13-20(18)22/h2-4,6-15,17H,5,16H2,1H3/b3-2-,10-4-,18-11+,23-17+. The zero-order valence-electron chi connectivity index (χ0n) is 13.4. The third-order valence-corrected chi connectivity index (χ3v) is 3.99. The number of hydrogen-bond acceptors (Lipinski definition) is 1. The molecule has 3 rings (SSSR count). The molecule has 0 aromatic heterocycles. The Kier molecular flexibility index (Phi) is 5.00. The van der Waals surface area contributed by atoms with Crippen molar-refractivity contribution in [3.8, 4) is 11.1 Å². The van der Waals surface area contributed by atoms with E-state index in [0.717, 1.165) is 12.0 Å². The molecule has 0 spiro atoms. The Morgan fingerprint density at radius 1 is 0.783 bits per heavy atom. The summed E-state index contributed by atoms with van der Waals surface area (Å²) < 4.78 is 0. The van der Waals surface area contributed by atoms with Gasteiger partial charge in [-0.1, -0.05) is 78.9 Å². The fraction of sp³-hybridized carbons (Fsp3) is 0.136. The van der Waals surface area contributed by atoms with Crippen molar-refractivity contribution >= 4 is 11.8 Å². The lowest BCUT2D eigenvalue weighted by Gasteiger charge is -2.13. The topological polar surface area (TPSA) is 12.4 Å². The van der Waals surface area contributed by atoms with Crippen LogP contribution in [-0.4, -0.2) is 12.8 Å². The zero-order valence-corrected chi connectivity index (χ0v) is 13.4. The Morgan fingerprint density at radius 3 is 2.35 bits per heavy atom. The molecule has 0 radical (unpaired) electrons. The van der Waals surface area contributed by atoms with Crippen LogP contribution in [0, 0.1) is 0 Å². The summed E-state index contributed by atoms with van der Waals surface area (Å²) >= 11 is 0. The van der Waals surface area contributed by atoms with E-state index < -0.39 is 0 Å². The van der Waals surface area contributed by atoms with E-state index in [2.05, 4.69) is 90.8 Å². The van der Waals surface area contributed by atoms with Crippen molar-refractivity contribution in [2.24, 2.45) is 4.99 Å². The van der Waals surface area contributed by atoms with E-state index in [1.165, 1.54) is 22.3 Å². The van der Waals surface area contributed by atoms with Crippen LogP contribution in [-0.2, 0) is 0 Å². The summed E-state index contributed by atoms with van der Waals surface area (Å²) in [6.07, 6.45) is 13.6. The minimum Gasteiger partial charge on any atom is -0.288 e. The van der Waals surface area contributed by atoms with Crippen LogP contribution >= 0.6 is 0 Å². The van der Waals surface area contributed by atoms with Crippen molar-refractivity contribution < 1.29 is 0 Å². The Hall–Kier alpha value is -2.67. The predicted octanol–water partition coefficient (Wildman–Crippen LogP) is 5.69. The van der Waals surface area contributed by atoms with E-state index in [1.807, 2.05) is 6.21 Å². The van der Waals surface area contributed by atoms with Crippen molar-refractivity contribution in [1.82, 2.24) is 0 Å². The first-order chi connectivity index (χ1) is 11.4. The largest absolute Gasteiger partial charge is 0.288 e. The Morgan fingerprint density at radius 2 is 1.48 bits per heavy atom. The van der Waals surface area contributed by atoms with E-state index in [9.17, 15) is 0 Å². The van der Waals surface area contributed by atoms with Gasteiger partial charge in [0, 0.05) is 11.8 Å². The summed E-state index contributed by atoms with van der Waals surface area (Å²) in [5.41, 5.74) is 6.25. The van der Waals surface area contributed by atoms with E-state index in [4.69, 9.17) is 0 Å². The van der Waals surface area contributed by atoms with Crippen LogP contribution in [0.25, 0.3) is 16.7 Å². The highest BCUT2D eigenvalue weighted by Crippen LogP contribution is 2.31. The molecular formula is C22H21N. The minimum absolute atomic E-state index is 0.704. The third kappa shape index (κ3) is 3.75. The quantitative estimate of drug-likeness (QED) is 0.592. The first-order valence-electron chi connectivity index (χ1n) is 8.03. The smallest absolute Gasteiger partial charge is 0.0573 e. The lowest BCUT2D eigenvalue weighted by atomic mass is 9.92. The van der Waals surface area contributed by atoms with Crippen molar-refractivity contribution in [2.75, 3.05) is 6.54 Å². The maximum atomic E-state index is 4.53. The molecule has 0 fully saturated rings. The lowest BCUT2D eigenvalue weighted by molar-refractivity contribution is 1.25. The summed E-state index contributed by atoms with van der Waals surface area (Å²) in [4.78, 5) is 4.53. The highest BCUT2D eigenvalue weighted by atomic mass is 14.7. The van der Waals surface area contributed by atoms with E-state index in [1.54, 1.807) is 0 Å². The number of fused-ring (bicyclic) bond motifs is 3. The summed E-state index contributed by atoms with van der Waals surface area (Å²) in [7, 11) is 0. The highest BCUT2D eigenvalue weighted by Gasteiger charge is 2.09. The molecule has 0 atom stereocenters.